The molecule has 1 aromatic rings. The number of aromatic amines is 1. The molecule has 0 unspecified atom stereocenters. The number of aromatic nitrogens is 2. The molecule has 4 atom stereocenters. The molecule has 6 N–H and O–H groups in total. The Hall–Kier alpha value is -2.06. The molecule has 146 valence electrons. The van der Waals surface area contributed by atoms with Gasteiger partial charge in [0, 0.05) is 0 Å². The van der Waals surface area contributed by atoms with Crippen LogP contribution in [0.2, 0.25) is 0 Å². The molecule has 0 spiro atoms. The van der Waals surface area contributed by atoms with Crippen LogP contribution < -0.4 is 16.0 Å². The lowest BCUT2D eigenvalue weighted by Crippen LogP contribution is -2.38. The van der Waals surface area contributed by atoms with E-state index in [-0.39, 0.29) is 0 Å². The highest BCUT2D eigenvalue weighted by molar-refractivity contribution is 7.46. The Morgan fingerprint density at radius 1 is 1.31 bits per heavy atom. The van der Waals surface area contributed by atoms with Crippen LogP contribution in [-0.2, 0) is 18.6 Å². The normalized spacial score (nSPS) is 26.0. The van der Waals surface area contributed by atoms with E-state index in [9.17, 15) is 29.2 Å². The van der Waals surface area contributed by atoms with Crippen LogP contribution >= 0.6 is 7.82 Å². The molecule has 26 heavy (non-hydrogen) atoms. The predicted octanol–water partition coefficient (Wildman–Crippen LogP) is -3.27. The van der Waals surface area contributed by atoms with Gasteiger partial charge in [0.15, 0.2) is 12.8 Å². The van der Waals surface area contributed by atoms with E-state index in [1.165, 1.54) is 0 Å². The van der Waals surface area contributed by atoms with Crippen LogP contribution in [0.3, 0.4) is 0 Å². The molecule has 2 heterocycles. The molecule has 0 radical (unpaired) electrons. The average molecular weight is 398 g/mol. The summed E-state index contributed by atoms with van der Waals surface area (Å²) >= 11 is 0. The number of aliphatic carboxylic acids is 1. The number of H-pyrrole nitrogens is 1. The Morgan fingerprint density at radius 2 is 1.96 bits per heavy atom. The van der Waals surface area contributed by atoms with Crippen molar-refractivity contribution in [3.8, 4) is 5.75 Å². The minimum atomic E-state index is -4.86. The highest BCUT2D eigenvalue weighted by Gasteiger charge is 2.45. The number of phosphoric ester groups is 1. The van der Waals surface area contributed by atoms with Crippen LogP contribution in [0.15, 0.2) is 15.8 Å². The van der Waals surface area contributed by atoms with Crippen LogP contribution in [0.25, 0.3) is 0 Å². The number of carbonyl (C=O) groups is 1. The molecule has 15 heteroatoms. The van der Waals surface area contributed by atoms with E-state index in [2.05, 4.69) is 4.52 Å². The van der Waals surface area contributed by atoms with E-state index >= 15 is 0 Å². The number of nitrogens with zero attached hydrogens (tertiary/aromatic N) is 1. The summed E-state index contributed by atoms with van der Waals surface area (Å²) < 4.78 is 25.4. The molecule has 0 bridgehead atoms. The number of phosphoric acid groups is 1. The van der Waals surface area contributed by atoms with Crippen molar-refractivity contribution in [2.75, 3.05) is 13.2 Å². The molecule has 0 amide bonds. The maximum atomic E-state index is 11.9. The summed E-state index contributed by atoms with van der Waals surface area (Å²) in [6, 6.07) is 0. The monoisotopic (exact) mass is 398 g/mol. The van der Waals surface area contributed by atoms with Crippen LogP contribution in [0, 0.1) is 0 Å². The Bertz CT molecular complexity index is 827. The second kappa shape index (κ2) is 7.67. The summed E-state index contributed by atoms with van der Waals surface area (Å²) in [4.78, 5) is 53.1. The SMILES string of the molecule is O=C(O)COc1cn([C@@H]2O[C@@H](COP(=O)(O)O)[C@@H](O)[C@H]2O)c(=O)[nH]c1=O. The van der Waals surface area contributed by atoms with E-state index < -0.39 is 68.5 Å². The van der Waals surface area contributed by atoms with Crippen molar-refractivity contribution in [3.63, 3.8) is 0 Å². The topological polar surface area (TPSA) is 218 Å². The van der Waals surface area contributed by atoms with E-state index in [1.54, 1.807) is 0 Å². The Balaban J connectivity index is 2.25. The van der Waals surface area contributed by atoms with Crippen LogP contribution in [-0.4, -0.2) is 72.2 Å². The fourth-order valence-electron chi connectivity index (χ4n) is 2.17. The molecular formula is C11H15N2O12P. The van der Waals surface area contributed by atoms with Gasteiger partial charge in [-0.25, -0.2) is 14.2 Å². The van der Waals surface area contributed by atoms with E-state index in [1.807, 2.05) is 4.98 Å². The Morgan fingerprint density at radius 3 is 2.54 bits per heavy atom. The lowest BCUT2D eigenvalue weighted by molar-refractivity contribution is -0.139. The smallest absolute Gasteiger partial charge is 0.469 e. The van der Waals surface area contributed by atoms with Gasteiger partial charge >= 0.3 is 19.5 Å². The number of aliphatic hydroxyl groups excluding tert-OH is 2. The summed E-state index contributed by atoms with van der Waals surface area (Å²) in [6.07, 6.45) is -5.58. The van der Waals surface area contributed by atoms with Gasteiger partial charge in [0.05, 0.1) is 12.8 Å². The number of aliphatic hydroxyl groups is 2. The van der Waals surface area contributed by atoms with E-state index in [0.717, 1.165) is 6.20 Å². The molecule has 0 aromatic carbocycles. The summed E-state index contributed by atoms with van der Waals surface area (Å²) in [7, 11) is -4.86. The first-order valence-corrected chi connectivity index (χ1v) is 8.44. The molecule has 1 aromatic heterocycles. The quantitative estimate of drug-likeness (QED) is 0.249. The third-order valence-corrected chi connectivity index (χ3v) is 3.79. The van der Waals surface area contributed by atoms with Crippen molar-refractivity contribution >= 4 is 13.8 Å². The summed E-state index contributed by atoms with van der Waals surface area (Å²) in [5, 5.41) is 28.4. The van der Waals surface area contributed by atoms with Gasteiger partial charge in [-0.05, 0) is 0 Å². The Labute approximate surface area is 143 Å². The number of hydrogen-bond acceptors (Lipinski definition) is 9. The number of carboxylic acids is 1. The highest BCUT2D eigenvalue weighted by atomic mass is 31.2. The van der Waals surface area contributed by atoms with Gasteiger partial charge < -0.3 is 34.6 Å². The number of nitrogens with one attached hydrogen (secondary N) is 1. The fourth-order valence-corrected chi connectivity index (χ4v) is 2.51. The van der Waals surface area contributed by atoms with Crippen molar-refractivity contribution < 1.29 is 48.5 Å². The van der Waals surface area contributed by atoms with Crippen molar-refractivity contribution in [2.45, 2.75) is 24.5 Å². The molecule has 0 saturated carbocycles. The largest absolute Gasteiger partial charge is 0.479 e. The molecule has 0 aliphatic carbocycles. The molecule has 14 nitrogen and oxygen atoms in total. The summed E-state index contributed by atoms with van der Waals surface area (Å²) in [6.45, 7) is -1.67. The maximum absolute atomic E-state index is 11.9. The van der Waals surface area contributed by atoms with Gasteiger partial charge in [-0.15, -0.1) is 0 Å². The second-order valence-corrected chi connectivity index (χ2v) is 6.41. The van der Waals surface area contributed by atoms with Gasteiger partial charge in [-0.2, -0.15) is 0 Å². The standard InChI is InChI=1S/C11H15N2O12P/c14-6(15)3-23-4-1-13(11(19)12-9(4)18)10-8(17)7(16)5(25-10)2-24-26(20,21)22/h1,5,7-8,10,16-17H,2-3H2,(H,14,15)(H,12,18,19)(H2,20,21,22)/t5-,7+,8+,10+/m0/s1. The first kappa shape index (κ1) is 20.3. The van der Waals surface area contributed by atoms with Gasteiger partial charge in [-0.1, -0.05) is 0 Å². The van der Waals surface area contributed by atoms with Crippen LogP contribution in [0.5, 0.6) is 5.75 Å². The van der Waals surface area contributed by atoms with E-state index in [0.29, 0.717) is 4.57 Å². The van der Waals surface area contributed by atoms with E-state index in [4.69, 9.17) is 24.4 Å². The third-order valence-electron chi connectivity index (χ3n) is 3.30. The van der Waals surface area contributed by atoms with Crippen molar-refractivity contribution in [2.24, 2.45) is 0 Å². The zero-order valence-electron chi connectivity index (χ0n) is 12.8. The highest BCUT2D eigenvalue weighted by Crippen LogP contribution is 2.38. The average Bonchev–Trinajstić information content (AvgIpc) is 2.79. The first-order valence-electron chi connectivity index (χ1n) is 6.91. The summed E-state index contributed by atoms with van der Waals surface area (Å²) in [5.74, 6) is -1.95. The zero-order valence-corrected chi connectivity index (χ0v) is 13.7. The number of rotatable bonds is 7. The first-order chi connectivity index (χ1) is 12.0. The summed E-state index contributed by atoms with van der Waals surface area (Å²) in [5.41, 5.74) is -2.09. The number of ether oxygens (including phenoxy) is 2. The molecule has 1 aliphatic heterocycles. The van der Waals surface area contributed by atoms with Gasteiger partial charge in [0.2, 0.25) is 5.75 Å². The van der Waals surface area contributed by atoms with Gasteiger partial charge in [0.1, 0.15) is 18.3 Å². The van der Waals surface area contributed by atoms with Gasteiger partial charge in [-0.3, -0.25) is 18.9 Å². The molecule has 1 aliphatic rings. The Kier molecular flexibility index (Phi) is 5.98. The van der Waals surface area contributed by atoms with Gasteiger partial charge in [0.25, 0.3) is 5.56 Å². The maximum Gasteiger partial charge on any atom is 0.469 e. The second-order valence-electron chi connectivity index (χ2n) is 5.17. The molecular weight excluding hydrogens is 383 g/mol. The third kappa shape index (κ3) is 4.76. The number of carboxylic acid groups (broad SMARTS) is 1. The van der Waals surface area contributed by atoms with Crippen molar-refractivity contribution in [1.29, 1.82) is 0 Å². The van der Waals surface area contributed by atoms with Crippen LogP contribution in [0.1, 0.15) is 6.23 Å². The molecule has 2 rings (SSSR count). The zero-order chi connectivity index (χ0) is 19.6. The fraction of sp³-hybridized carbons (Fsp3) is 0.545. The van der Waals surface area contributed by atoms with Crippen molar-refractivity contribution in [3.05, 3.63) is 27.0 Å². The predicted molar refractivity (Wildman–Crippen MR) is 78.4 cm³/mol. The minimum Gasteiger partial charge on any atom is -0.479 e. The van der Waals surface area contributed by atoms with Crippen LogP contribution in [0.4, 0.5) is 0 Å². The molecule has 1 fully saturated rings. The molecule has 1 saturated heterocycles. The lowest BCUT2D eigenvalue weighted by Gasteiger charge is -2.17. The minimum absolute atomic E-state index is 0.563. The number of hydrogen-bond donors (Lipinski definition) is 6. The van der Waals surface area contributed by atoms with Crippen molar-refractivity contribution in [1.82, 2.24) is 9.55 Å². The lowest BCUT2D eigenvalue weighted by atomic mass is 10.1.